The van der Waals surface area contributed by atoms with Gasteiger partial charge < -0.3 is 19.7 Å². The van der Waals surface area contributed by atoms with E-state index in [1.165, 1.54) is 20.3 Å². The number of ether oxygens (including phenoxy) is 2. The lowest BCUT2D eigenvalue weighted by Gasteiger charge is -2.29. The maximum atomic E-state index is 15.0. The van der Waals surface area contributed by atoms with E-state index < -0.39 is 38.9 Å². The lowest BCUT2D eigenvalue weighted by atomic mass is 9.91. The Morgan fingerprint density at radius 3 is 2.67 bits per heavy atom. The smallest absolute Gasteiger partial charge is 0.309 e. The summed E-state index contributed by atoms with van der Waals surface area (Å²) in [4.78, 5) is 17.4. The fourth-order valence-corrected chi connectivity index (χ4v) is 6.72. The first-order valence-electron chi connectivity index (χ1n) is 13.9. The third-order valence-electron chi connectivity index (χ3n) is 8.30. The molecule has 0 spiro atoms. The second-order valence-corrected chi connectivity index (χ2v) is 13.5. The quantitative estimate of drug-likeness (QED) is 0.370. The average molecular weight is 599 g/mol. The molecule has 11 heteroatoms. The van der Waals surface area contributed by atoms with Crippen LogP contribution in [0.2, 0.25) is 0 Å². The normalized spacial score (nSPS) is 20.4. The van der Waals surface area contributed by atoms with Gasteiger partial charge in [0.05, 0.1) is 30.6 Å². The van der Waals surface area contributed by atoms with Gasteiger partial charge in [0.1, 0.15) is 17.7 Å². The second-order valence-electron chi connectivity index (χ2n) is 11.2. The molecule has 0 bridgehead atoms. The molecule has 42 heavy (non-hydrogen) atoms. The molecule has 0 amide bonds. The number of aliphatic hydroxyl groups excluding tert-OH is 1. The van der Waals surface area contributed by atoms with Gasteiger partial charge in [-0.15, -0.1) is 0 Å². The minimum atomic E-state index is -3.18. The predicted octanol–water partition coefficient (Wildman–Crippen LogP) is 4.34. The number of fused-ring (bicyclic) bond motifs is 1. The van der Waals surface area contributed by atoms with E-state index in [1.54, 1.807) is 18.2 Å². The Kier molecular flexibility index (Phi) is 8.54. The Morgan fingerprint density at radius 2 is 1.98 bits per heavy atom. The Balaban J connectivity index is 1.47. The number of carbonyl (C=O) groups is 1. The number of likely N-dealkylation sites (tertiary alicyclic amines) is 1. The summed E-state index contributed by atoms with van der Waals surface area (Å²) in [6.45, 7) is 2.89. The average Bonchev–Trinajstić information content (AvgIpc) is 3.45. The molecular formula is C31H35FN2O7S. The van der Waals surface area contributed by atoms with Crippen LogP contribution < -0.4 is 9.47 Å². The van der Waals surface area contributed by atoms with Gasteiger partial charge in [0.2, 0.25) is 5.88 Å². The van der Waals surface area contributed by atoms with Crippen LogP contribution in [0.25, 0.3) is 11.1 Å². The minimum absolute atomic E-state index is 0.280. The van der Waals surface area contributed by atoms with Crippen molar-refractivity contribution in [3.05, 3.63) is 76.7 Å². The van der Waals surface area contributed by atoms with Crippen molar-refractivity contribution < 1.29 is 37.3 Å². The summed E-state index contributed by atoms with van der Waals surface area (Å²) < 4.78 is 51.0. The van der Waals surface area contributed by atoms with Gasteiger partial charge in [0, 0.05) is 31.0 Å². The molecule has 2 aliphatic heterocycles. The number of rotatable bonds is 9. The minimum Gasteiger partial charge on any atom is -0.485 e. The van der Waals surface area contributed by atoms with Crippen molar-refractivity contribution in [2.24, 2.45) is 5.92 Å². The van der Waals surface area contributed by atoms with Crippen LogP contribution in [0.1, 0.15) is 54.2 Å². The van der Waals surface area contributed by atoms with Crippen molar-refractivity contribution in [3.63, 3.8) is 0 Å². The van der Waals surface area contributed by atoms with Crippen LogP contribution in [-0.4, -0.2) is 66.2 Å². The van der Waals surface area contributed by atoms with E-state index in [1.807, 2.05) is 24.3 Å². The van der Waals surface area contributed by atoms with Crippen LogP contribution in [0.3, 0.4) is 0 Å². The molecule has 5 rings (SSSR count). The number of halogens is 1. The number of aryl methyl sites for hydroxylation is 1. The number of aromatic nitrogens is 1. The monoisotopic (exact) mass is 598 g/mol. The largest absolute Gasteiger partial charge is 0.485 e. The third-order valence-corrected chi connectivity index (χ3v) is 9.90. The molecule has 4 atom stereocenters. The number of aliphatic carboxylic acids is 1. The van der Waals surface area contributed by atoms with E-state index in [4.69, 9.17) is 9.47 Å². The molecule has 1 unspecified atom stereocenters. The summed E-state index contributed by atoms with van der Waals surface area (Å²) >= 11 is 0. The van der Waals surface area contributed by atoms with Crippen LogP contribution >= 0.6 is 0 Å². The number of nitrogens with zero attached hydrogens (tertiary/aromatic N) is 2. The maximum Gasteiger partial charge on any atom is 0.309 e. The first-order valence-corrected chi connectivity index (χ1v) is 15.8. The van der Waals surface area contributed by atoms with Crippen LogP contribution in [0, 0.1) is 11.7 Å². The second kappa shape index (κ2) is 12.0. The Labute approximate surface area is 244 Å². The lowest BCUT2D eigenvalue weighted by Crippen LogP contribution is -2.26. The molecule has 224 valence electrons. The molecule has 3 heterocycles. The van der Waals surface area contributed by atoms with E-state index in [9.17, 15) is 23.4 Å². The Bertz CT molecular complexity index is 1600. The number of hydrogen-bond acceptors (Lipinski definition) is 8. The molecule has 2 aromatic carbocycles. The number of carboxylic acids is 1. The van der Waals surface area contributed by atoms with Gasteiger partial charge >= 0.3 is 5.97 Å². The van der Waals surface area contributed by atoms with Crippen molar-refractivity contribution in [2.75, 3.05) is 26.5 Å². The van der Waals surface area contributed by atoms with Gasteiger partial charge in [-0.3, -0.25) is 9.69 Å². The van der Waals surface area contributed by atoms with E-state index in [-0.39, 0.29) is 12.0 Å². The van der Waals surface area contributed by atoms with Crippen molar-refractivity contribution in [3.8, 4) is 22.8 Å². The first-order chi connectivity index (χ1) is 19.9. The molecule has 0 saturated carbocycles. The molecule has 2 N–H and O–H groups in total. The summed E-state index contributed by atoms with van der Waals surface area (Å²) in [5, 5.41) is 19.4. The fraction of sp³-hybridized carbons (Fsp3) is 0.419. The molecule has 1 aromatic heterocycles. The number of carboxylic acid groups (broad SMARTS) is 1. The molecule has 1 fully saturated rings. The molecule has 2 aliphatic rings. The van der Waals surface area contributed by atoms with Gasteiger partial charge in [-0.2, -0.15) is 0 Å². The number of methoxy groups -OCH3 is 1. The molecule has 9 nitrogen and oxygen atoms in total. The van der Waals surface area contributed by atoms with Crippen molar-refractivity contribution >= 4 is 15.8 Å². The molecular weight excluding hydrogens is 563 g/mol. The van der Waals surface area contributed by atoms with Crippen molar-refractivity contribution in [1.82, 2.24) is 9.88 Å². The lowest BCUT2D eigenvalue weighted by molar-refractivity contribution is -0.145. The Hall–Kier alpha value is -3.54. The van der Waals surface area contributed by atoms with E-state index in [0.29, 0.717) is 54.9 Å². The van der Waals surface area contributed by atoms with Gasteiger partial charge in [-0.05, 0) is 66.6 Å². The fourth-order valence-electron chi connectivity index (χ4n) is 5.70. The highest BCUT2D eigenvalue weighted by atomic mass is 32.2. The van der Waals surface area contributed by atoms with Gasteiger partial charge in [0.25, 0.3) is 0 Å². The van der Waals surface area contributed by atoms with Gasteiger partial charge in [-0.25, -0.2) is 17.8 Å². The SMILES string of the molecule is COc1cc(-c2ccc(C3CCc4ccc([C@H](O)[C@H](C)C(=O)O)cc4O3)cc2CN2CC[C@H](S(C)(=O)=O)C2)c(F)cn1. The maximum absolute atomic E-state index is 15.0. The summed E-state index contributed by atoms with van der Waals surface area (Å²) in [5.41, 5.74) is 4.13. The third kappa shape index (κ3) is 6.28. The zero-order valence-electron chi connectivity index (χ0n) is 23.8. The van der Waals surface area contributed by atoms with Crippen molar-refractivity contribution in [1.29, 1.82) is 0 Å². The van der Waals surface area contributed by atoms with E-state index in [0.717, 1.165) is 29.3 Å². The Morgan fingerprint density at radius 1 is 1.19 bits per heavy atom. The molecule has 0 radical (unpaired) electrons. The highest BCUT2D eigenvalue weighted by Gasteiger charge is 2.31. The number of aliphatic hydroxyl groups is 1. The van der Waals surface area contributed by atoms with Crippen LogP contribution in [0.4, 0.5) is 4.39 Å². The number of pyridine rings is 1. The summed E-state index contributed by atoms with van der Waals surface area (Å²) in [6.07, 6.45) is 2.84. The van der Waals surface area contributed by atoms with Gasteiger partial charge in [-0.1, -0.05) is 30.3 Å². The molecule has 3 aromatic rings. The summed E-state index contributed by atoms with van der Waals surface area (Å²) in [6, 6.07) is 12.6. The first kappa shape index (κ1) is 29.9. The standard InChI is InChI=1S/C31H35FN2O7S/c1-18(31(36)37)30(35)21-5-4-19-7-9-27(41-28(19)13-21)20-6-8-24(25-14-29(40-2)33-15-26(25)32)22(12-20)16-34-11-10-23(17-34)42(3,38)39/h4-6,8,12-15,18,23,27,30,35H,7,9-11,16-17H2,1-3H3,(H,36,37)/t18-,23-,27?,30+/m0/s1. The van der Waals surface area contributed by atoms with E-state index in [2.05, 4.69) is 9.88 Å². The highest BCUT2D eigenvalue weighted by Crippen LogP contribution is 2.39. The summed E-state index contributed by atoms with van der Waals surface area (Å²) in [7, 11) is -1.71. The topological polar surface area (TPSA) is 126 Å². The molecule has 1 saturated heterocycles. The van der Waals surface area contributed by atoms with E-state index >= 15 is 4.39 Å². The molecule has 0 aliphatic carbocycles. The number of sulfone groups is 1. The number of hydrogen-bond donors (Lipinski definition) is 2. The van der Waals surface area contributed by atoms with Gasteiger partial charge in [0.15, 0.2) is 9.84 Å². The van der Waals surface area contributed by atoms with Crippen LogP contribution in [0.5, 0.6) is 11.6 Å². The number of benzene rings is 2. The highest BCUT2D eigenvalue weighted by molar-refractivity contribution is 7.91. The van der Waals surface area contributed by atoms with Crippen molar-refractivity contribution in [2.45, 2.75) is 50.2 Å². The van der Waals surface area contributed by atoms with Crippen LogP contribution in [0.15, 0.2) is 48.7 Å². The zero-order valence-corrected chi connectivity index (χ0v) is 24.6. The predicted molar refractivity (Wildman–Crippen MR) is 155 cm³/mol. The van der Waals surface area contributed by atoms with Crippen LogP contribution in [-0.2, 0) is 27.6 Å². The zero-order chi connectivity index (χ0) is 30.2. The summed E-state index contributed by atoms with van der Waals surface area (Å²) in [5.74, 6) is -1.69.